The first-order chi connectivity index (χ1) is 12.6. The standard InChI is InChI=1S/C21H28N4O.2ClH/c1-16(20(22)18-5-3-2-4-6-18)21(26)24-19-9-13-25(14-10-19)15-17-7-11-23-12-8-17;;/h2-8,11-12,16,19-20H,9-10,13-15,22H2,1H3,(H,24,26);2*1H. The highest BCUT2D eigenvalue weighted by Gasteiger charge is 2.26. The largest absolute Gasteiger partial charge is 0.353 e. The minimum absolute atomic E-state index is 0. The number of nitrogens with two attached hydrogens (primary N) is 1. The van der Waals surface area contributed by atoms with Gasteiger partial charge in [0.15, 0.2) is 0 Å². The third kappa shape index (κ3) is 6.74. The van der Waals surface area contributed by atoms with Gasteiger partial charge < -0.3 is 11.1 Å². The summed E-state index contributed by atoms with van der Waals surface area (Å²) in [5.74, 6) is -0.193. The monoisotopic (exact) mass is 424 g/mol. The molecule has 1 aliphatic heterocycles. The van der Waals surface area contributed by atoms with E-state index in [1.165, 1.54) is 5.56 Å². The molecule has 0 spiro atoms. The van der Waals surface area contributed by atoms with Gasteiger partial charge in [-0.2, -0.15) is 0 Å². The molecule has 0 aliphatic carbocycles. The normalized spacial score (nSPS) is 16.9. The van der Waals surface area contributed by atoms with Crippen LogP contribution in [0.2, 0.25) is 0 Å². The van der Waals surface area contributed by atoms with Crippen LogP contribution in [0.25, 0.3) is 0 Å². The molecule has 1 saturated heterocycles. The Hall–Kier alpha value is -1.66. The number of amides is 1. The van der Waals surface area contributed by atoms with Gasteiger partial charge in [-0.05, 0) is 36.1 Å². The first-order valence-corrected chi connectivity index (χ1v) is 9.35. The SMILES string of the molecule is CC(C(=O)NC1CCN(Cc2ccncc2)CC1)C(N)c1ccccc1.Cl.Cl. The number of hydrogen-bond acceptors (Lipinski definition) is 4. The second kappa shape index (κ2) is 12.0. The van der Waals surface area contributed by atoms with Crippen molar-refractivity contribution in [3.8, 4) is 0 Å². The fourth-order valence-electron chi connectivity index (χ4n) is 3.44. The lowest BCUT2D eigenvalue weighted by Gasteiger charge is -2.33. The minimum Gasteiger partial charge on any atom is -0.353 e. The third-order valence-electron chi connectivity index (χ3n) is 5.23. The van der Waals surface area contributed by atoms with Crippen LogP contribution in [0.4, 0.5) is 0 Å². The van der Waals surface area contributed by atoms with E-state index in [9.17, 15) is 4.79 Å². The van der Waals surface area contributed by atoms with Crippen molar-refractivity contribution in [2.45, 2.75) is 38.4 Å². The first kappa shape index (κ1) is 24.4. The summed E-state index contributed by atoms with van der Waals surface area (Å²) >= 11 is 0. The van der Waals surface area contributed by atoms with Crippen molar-refractivity contribution in [3.05, 3.63) is 66.0 Å². The Kier molecular flexibility index (Phi) is 10.5. The zero-order valence-electron chi connectivity index (χ0n) is 16.2. The lowest BCUT2D eigenvalue weighted by Crippen LogP contribution is -2.47. The highest BCUT2D eigenvalue weighted by Crippen LogP contribution is 2.20. The van der Waals surface area contributed by atoms with Crippen LogP contribution in [0.15, 0.2) is 54.9 Å². The number of rotatable bonds is 6. The van der Waals surface area contributed by atoms with Crippen molar-refractivity contribution in [1.29, 1.82) is 0 Å². The molecule has 0 radical (unpaired) electrons. The van der Waals surface area contributed by atoms with Gasteiger partial charge in [0.25, 0.3) is 0 Å². The molecule has 2 heterocycles. The van der Waals surface area contributed by atoms with Gasteiger partial charge >= 0.3 is 0 Å². The van der Waals surface area contributed by atoms with Crippen molar-refractivity contribution < 1.29 is 4.79 Å². The molecule has 1 fully saturated rings. The van der Waals surface area contributed by atoms with Crippen LogP contribution in [0.3, 0.4) is 0 Å². The fourth-order valence-corrected chi connectivity index (χ4v) is 3.44. The minimum atomic E-state index is -0.275. The summed E-state index contributed by atoms with van der Waals surface area (Å²) in [4.78, 5) is 19.1. The van der Waals surface area contributed by atoms with Crippen molar-refractivity contribution in [1.82, 2.24) is 15.2 Å². The van der Waals surface area contributed by atoms with E-state index in [1.807, 2.05) is 49.6 Å². The number of likely N-dealkylation sites (tertiary alicyclic amines) is 1. The number of halogens is 2. The van der Waals surface area contributed by atoms with E-state index in [2.05, 4.69) is 27.3 Å². The van der Waals surface area contributed by atoms with Gasteiger partial charge in [0.1, 0.15) is 0 Å². The Morgan fingerprint density at radius 3 is 2.36 bits per heavy atom. The van der Waals surface area contributed by atoms with Crippen LogP contribution in [0, 0.1) is 5.92 Å². The highest BCUT2D eigenvalue weighted by molar-refractivity contribution is 5.85. The second-order valence-electron chi connectivity index (χ2n) is 7.14. The van der Waals surface area contributed by atoms with Gasteiger partial charge in [-0.3, -0.25) is 14.7 Å². The van der Waals surface area contributed by atoms with Crippen LogP contribution in [0.5, 0.6) is 0 Å². The predicted molar refractivity (Wildman–Crippen MR) is 118 cm³/mol. The molecule has 7 heteroatoms. The molecule has 2 aromatic rings. The summed E-state index contributed by atoms with van der Waals surface area (Å²) in [5.41, 5.74) is 8.56. The Morgan fingerprint density at radius 1 is 1.14 bits per heavy atom. The molecule has 1 amide bonds. The zero-order chi connectivity index (χ0) is 18.4. The van der Waals surface area contributed by atoms with E-state index in [4.69, 9.17) is 5.73 Å². The van der Waals surface area contributed by atoms with E-state index in [1.54, 1.807) is 0 Å². The van der Waals surface area contributed by atoms with Gasteiger partial charge in [0, 0.05) is 44.1 Å². The van der Waals surface area contributed by atoms with Gasteiger partial charge in [0.05, 0.1) is 5.92 Å². The first-order valence-electron chi connectivity index (χ1n) is 9.35. The van der Waals surface area contributed by atoms with Crippen LogP contribution in [-0.2, 0) is 11.3 Å². The summed E-state index contributed by atoms with van der Waals surface area (Å²) in [6.45, 7) is 4.84. The Bertz CT molecular complexity index is 694. The lowest BCUT2D eigenvalue weighted by atomic mass is 9.94. The molecule has 1 aromatic heterocycles. The van der Waals surface area contributed by atoms with Crippen LogP contribution >= 0.6 is 24.8 Å². The van der Waals surface area contributed by atoms with Gasteiger partial charge in [-0.1, -0.05) is 37.3 Å². The lowest BCUT2D eigenvalue weighted by molar-refractivity contribution is -0.126. The van der Waals surface area contributed by atoms with E-state index in [-0.39, 0.29) is 48.7 Å². The molecule has 3 N–H and O–H groups in total. The zero-order valence-corrected chi connectivity index (χ0v) is 17.8. The smallest absolute Gasteiger partial charge is 0.224 e. The number of carbonyl (C=O) groups excluding carboxylic acids is 1. The molecule has 28 heavy (non-hydrogen) atoms. The summed E-state index contributed by atoms with van der Waals surface area (Å²) in [7, 11) is 0. The Balaban J connectivity index is 0.00000196. The van der Waals surface area contributed by atoms with Crippen LogP contribution in [0.1, 0.15) is 36.9 Å². The van der Waals surface area contributed by atoms with Crippen molar-refractivity contribution in [2.24, 2.45) is 11.7 Å². The van der Waals surface area contributed by atoms with E-state index < -0.39 is 0 Å². The molecule has 2 atom stereocenters. The number of nitrogens with one attached hydrogen (secondary N) is 1. The van der Waals surface area contributed by atoms with E-state index in [0.717, 1.165) is 38.0 Å². The number of carbonyl (C=O) groups is 1. The summed E-state index contributed by atoms with van der Waals surface area (Å²) in [6.07, 6.45) is 5.62. The maximum absolute atomic E-state index is 12.6. The maximum Gasteiger partial charge on any atom is 0.224 e. The van der Waals surface area contributed by atoms with Gasteiger partial charge in [-0.25, -0.2) is 0 Å². The average molecular weight is 425 g/mol. The Labute approximate surface area is 179 Å². The van der Waals surface area contributed by atoms with Gasteiger partial charge in [0.2, 0.25) is 5.91 Å². The quantitative estimate of drug-likeness (QED) is 0.745. The molecule has 1 aromatic carbocycles. The highest BCUT2D eigenvalue weighted by atomic mass is 35.5. The Morgan fingerprint density at radius 2 is 1.75 bits per heavy atom. The van der Waals surface area contributed by atoms with E-state index in [0.29, 0.717) is 0 Å². The molecule has 0 bridgehead atoms. The molecular weight excluding hydrogens is 395 g/mol. The molecule has 1 aliphatic rings. The fraction of sp³-hybridized carbons (Fsp3) is 0.429. The number of piperidine rings is 1. The second-order valence-corrected chi connectivity index (χ2v) is 7.14. The van der Waals surface area contributed by atoms with Gasteiger partial charge in [-0.15, -0.1) is 24.8 Å². The van der Waals surface area contributed by atoms with E-state index >= 15 is 0 Å². The van der Waals surface area contributed by atoms with Crippen LogP contribution < -0.4 is 11.1 Å². The van der Waals surface area contributed by atoms with Crippen molar-refractivity contribution in [3.63, 3.8) is 0 Å². The number of pyridine rings is 1. The molecule has 5 nitrogen and oxygen atoms in total. The number of aromatic nitrogens is 1. The number of benzene rings is 1. The summed E-state index contributed by atoms with van der Waals surface area (Å²) in [6, 6.07) is 13.9. The van der Waals surface area contributed by atoms with Crippen LogP contribution in [-0.4, -0.2) is 34.9 Å². The number of hydrogen-bond donors (Lipinski definition) is 2. The molecule has 154 valence electrons. The maximum atomic E-state index is 12.6. The predicted octanol–water partition coefficient (Wildman–Crippen LogP) is 3.34. The average Bonchev–Trinajstić information content (AvgIpc) is 2.70. The molecule has 3 rings (SSSR count). The molecule has 2 unspecified atom stereocenters. The summed E-state index contributed by atoms with van der Waals surface area (Å²) in [5, 5.41) is 3.20. The summed E-state index contributed by atoms with van der Waals surface area (Å²) < 4.78 is 0. The molecule has 0 saturated carbocycles. The van der Waals surface area contributed by atoms with Crippen molar-refractivity contribution in [2.75, 3.05) is 13.1 Å². The van der Waals surface area contributed by atoms with Crippen molar-refractivity contribution >= 4 is 30.7 Å². The third-order valence-corrected chi connectivity index (χ3v) is 5.23. The molecular formula is C21H30Cl2N4O. The topological polar surface area (TPSA) is 71.2 Å². The number of nitrogens with zero attached hydrogens (tertiary/aromatic N) is 2.